The fraction of sp³-hybridized carbons (Fsp3) is 0.521. The van der Waals surface area contributed by atoms with Crippen molar-refractivity contribution in [2.75, 3.05) is 16.0 Å². The van der Waals surface area contributed by atoms with Gasteiger partial charge < -0.3 is 47.2 Å². The van der Waals surface area contributed by atoms with E-state index in [9.17, 15) is 58.5 Å². The average Bonchev–Trinajstić information content (AvgIpc) is 1.68. The maximum absolute atomic E-state index is 16.1. The quantitative estimate of drug-likeness (QED) is 0.0507. The van der Waals surface area contributed by atoms with Gasteiger partial charge in [0.05, 0.1) is 49.4 Å². The smallest absolute Gasteiger partial charge is 0.309 e. The van der Waals surface area contributed by atoms with E-state index in [1.54, 1.807) is 85.8 Å². The highest BCUT2D eigenvalue weighted by molar-refractivity contribution is 6.33. The van der Waals surface area contributed by atoms with Gasteiger partial charge in [0.1, 0.15) is 39.4 Å². The molecule has 12 aliphatic carbocycles. The van der Waals surface area contributed by atoms with Crippen LogP contribution in [0.4, 0.5) is 34.6 Å². The van der Waals surface area contributed by atoms with Crippen molar-refractivity contribution < 1.29 is 76.0 Å². The van der Waals surface area contributed by atoms with Gasteiger partial charge in [-0.15, -0.1) is 0 Å². The molecule has 24 rings (SSSR count). The van der Waals surface area contributed by atoms with Crippen LogP contribution in [0.3, 0.4) is 0 Å². The molecule has 125 heavy (non-hydrogen) atoms. The van der Waals surface area contributed by atoms with Crippen molar-refractivity contribution in [2.45, 2.75) is 284 Å². The Kier molecular flexibility index (Phi) is 20.9. The number of aliphatic carboxylic acids is 3. The first kappa shape index (κ1) is 86.3. The highest BCUT2D eigenvalue weighted by Crippen LogP contribution is 2.70. The lowest BCUT2D eigenvalue weighted by Gasteiger charge is -2.68. The van der Waals surface area contributed by atoms with E-state index in [-0.39, 0.29) is 87.0 Å². The monoisotopic (exact) mass is 1830 g/mol. The third-order valence-electron chi connectivity index (χ3n) is 33.4. The minimum atomic E-state index is -1.48. The molecule has 0 unspecified atom stereocenters. The highest BCUT2D eigenvalue weighted by atomic mass is 35.5. The Labute approximate surface area is 749 Å². The van der Waals surface area contributed by atoms with Crippen molar-refractivity contribution in [2.24, 2.45) is 16.2 Å². The maximum Gasteiger partial charge on any atom is 0.309 e. The predicted molar refractivity (Wildman–Crippen MR) is 463 cm³/mol. The molecule has 0 aromatic heterocycles. The van der Waals surface area contributed by atoms with E-state index in [1.807, 2.05) is 12.1 Å². The second kappa shape index (κ2) is 30.2. The van der Waals surface area contributed by atoms with Crippen LogP contribution in [0.15, 0.2) is 109 Å². The van der Waals surface area contributed by atoms with Gasteiger partial charge in [-0.05, 0) is 243 Å². The number of carbonyl (C=O) groups excluding carboxylic acids is 6. The zero-order valence-corrected chi connectivity index (χ0v) is 73.2. The lowest BCUT2D eigenvalue weighted by molar-refractivity contribution is -0.200. The van der Waals surface area contributed by atoms with E-state index >= 15 is 17.6 Å². The molecule has 6 spiro atoms. The van der Waals surface area contributed by atoms with Gasteiger partial charge in [0, 0.05) is 83.1 Å². The zero-order chi connectivity index (χ0) is 88.2. The van der Waals surface area contributed by atoms with Crippen LogP contribution in [-0.4, -0.2) is 126 Å². The van der Waals surface area contributed by atoms with E-state index in [1.165, 1.54) is 18.2 Å². The first-order valence-corrected chi connectivity index (χ1v) is 46.0. The minimum absolute atomic E-state index is 0.0655. The number of carboxylic acid groups (broad SMARTS) is 3. The summed E-state index contributed by atoms with van der Waals surface area (Å²) in [5, 5.41) is 59.9. The van der Waals surface area contributed by atoms with Gasteiger partial charge in [-0.1, -0.05) is 163 Å². The summed E-state index contributed by atoms with van der Waals surface area (Å²) >= 11 is 37.9. The third kappa shape index (κ3) is 12.7. The van der Waals surface area contributed by atoms with Gasteiger partial charge in [0.2, 0.25) is 35.4 Å². The maximum atomic E-state index is 16.1. The Morgan fingerprint density at radius 3 is 0.928 bits per heavy atom. The number of rotatable bonds is 12. The number of anilines is 3. The summed E-state index contributed by atoms with van der Waals surface area (Å²) in [7, 11) is 0. The molecule has 660 valence electrons. The molecular weight excluding hydrogens is 1740 g/mol. The summed E-state index contributed by atoms with van der Waals surface area (Å²) in [5.74, 6) is -9.21. The molecule has 6 aromatic carbocycles. The van der Waals surface area contributed by atoms with Crippen molar-refractivity contribution in [3.05, 3.63) is 190 Å². The molecule has 9 atom stereocenters. The standard InChI is InChI=1S/C33H35Cl2F2N3O4.C32H34Cl2FN3O4.C29H28Cl2FN3O4/c1-29(37)7-15-32(16-8-29)33(20-6-5-18(34)17-22(20)38-27(33)42)23(19-3-2-4-21(35)24(19)36)25(39-32)26(41)40-31-12-9-30(10-13-31,11-14-31)28(43)44;33-18-7-8-20-22(17-18)36-27(40)32(20)23(19-5-4-6-21(34)24(19)35)25(37-31(32)9-2-1-3-10-31)26(39)38-30-14-11-29(12-15-30,13-16-30)28(41)42;30-15-7-8-17-19(11-15)33-24(37)29(17)20(16-5-4-6-18(31)21(16)32)22(34-28(29)9-2-1-3-10-28)23(36)35-27-12-26(13-27,14-27)25(38)39/h2-6,17,23,25,39H,7-16H2,1H3,(H,38,42)(H,40,41)(H,43,44);4-8,17,23,25,37H,1-3,9-16H2,(H,36,40)(H,38,39)(H,41,42);4-8,11,20,22,34H,1-3,9-10,12-14H2,(H,33,37)(H,35,36)(H,38,39)/t23-,25+,29?,30?,31?,32?,33+;23-,25+,29?,30?,32+;20-,22+,26?,27?,29+/m000/s1. The fourth-order valence-electron chi connectivity index (χ4n) is 27.2. The number of nitrogens with one attached hydrogen (secondary N) is 9. The number of carbonyl (C=O) groups is 9. The van der Waals surface area contributed by atoms with E-state index in [2.05, 4.69) is 47.9 Å². The number of alkyl halides is 1. The van der Waals surface area contributed by atoms with Gasteiger partial charge in [0.15, 0.2) is 0 Å². The van der Waals surface area contributed by atoms with Crippen LogP contribution in [-0.2, 0) is 59.4 Å². The Hall–Kier alpha value is -8.11. The molecule has 3 saturated heterocycles. The summed E-state index contributed by atoms with van der Waals surface area (Å²) in [4.78, 5) is 122. The van der Waals surface area contributed by atoms with Gasteiger partial charge in [-0.25, -0.2) is 17.6 Å². The SMILES string of the molecule is CC1(F)CCC2(CC1)N[C@@H](C(=O)NC13CCC(C(=O)O)(CC1)CC3)[C@H](c1cccc(Cl)c1F)[C@]21C(=O)Nc2cc(Cl)ccc21.O=C(NC12CC(C(=O)O)(C1)C2)[C@@H]1NC2(CCCCC2)[C@@]2(C(=O)Nc3cc(Cl)ccc32)[C@H]1c1cccc(Cl)c1F.O=C(NC12CCC(C(=O)O)(CC1)CC2)[C@@H]1NC2(CCCCC2)[C@@]2(C(=O)Nc3cc(Cl)ccc32)[C@H]1c1cccc(Cl)c1F. The predicted octanol–water partition coefficient (Wildman–Crippen LogP) is 17.4. The molecule has 6 amide bonds. The minimum Gasteiger partial charge on any atom is -0.481 e. The van der Waals surface area contributed by atoms with Gasteiger partial charge >= 0.3 is 17.9 Å². The molecule has 6 heterocycles. The van der Waals surface area contributed by atoms with Crippen LogP contribution < -0.4 is 47.9 Å². The van der Waals surface area contributed by atoms with E-state index < -0.39 is 149 Å². The summed E-state index contributed by atoms with van der Waals surface area (Å²) in [6.45, 7) is 1.55. The summed E-state index contributed by atoms with van der Waals surface area (Å²) in [6.07, 6.45) is 16.2. The van der Waals surface area contributed by atoms with Crippen LogP contribution in [0.2, 0.25) is 30.1 Å². The molecular formula is C94H97Cl6F4N9O12. The molecule has 31 heteroatoms. The van der Waals surface area contributed by atoms with E-state index in [0.29, 0.717) is 171 Å². The first-order valence-electron chi connectivity index (χ1n) is 43.8. The molecule has 18 aliphatic rings. The zero-order valence-electron chi connectivity index (χ0n) is 68.7. The Morgan fingerprint density at radius 2 is 0.640 bits per heavy atom. The summed E-state index contributed by atoms with van der Waals surface area (Å²) in [5.41, 5.74) is -7.94. The molecule has 0 radical (unpaired) electrons. The Morgan fingerprint density at radius 1 is 0.360 bits per heavy atom. The summed E-state index contributed by atoms with van der Waals surface area (Å²) in [6, 6.07) is 26.8. The molecule has 6 aromatic rings. The fourth-order valence-corrected chi connectivity index (χ4v) is 28.3. The van der Waals surface area contributed by atoms with Gasteiger partial charge in [-0.3, -0.25) is 59.1 Å². The first-order chi connectivity index (χ1) is 59.4. The molecule has 6 bridgehead atoms. The lowest BCUT2D eigenvalue weighted by atomic mass is 9.39. The highest BCUT2D eigenvalue weighted by Gasteiger charge is 2.78. The topological polar surface area (TPSA) is 323 Å². The lowest BCUT2D eigenvalue weighted by Crippen LogP contribution is -2.78. The number of fused-ring (bicyclic) bond motifs is 15. The molecule has 21 nitrogen and oxygen atoms in total. The van der Waals surface area contributed by atoms with E-state index in [0.717, 1.165) is 38.5 Å². The van der Waals surface area contributed by atoms with Crippen LogP contribution in [0.1, 0.15) is 244 Å². The number of amides is 6. The number of hydrogen-bond acceptors (Lipinski definition) is 12. The van der Waals surface area contributed by atoms with Crippen LogP contribution >= 0.6 is 69.6 Å². The summed E-state index contributed by atoms with van der Waals surface area (Å²) < 4.78 is 63.5. The van der Waals surface area contributed by atoms with Gasteiger partial charge in [-0.2, -0.15) is 0 Å². The Bertz CT molecular complexity index is 5550. The number of halogens is 10. The number of benzene rings is 6. The second-order valence-corrected chi connectivity index (χ2v) is 42.0. The Balaban J connectivity index is 0.000000123. The number of hydrogen-bond donors (Lipinski definition) is 12. The van der Waals surface area contributed by atoms with Crippen LogP contribution in [0.5, 0.6) is 0 Å². The van der Waals surface area contributed by atoms with E-state index in [4.69, 9.17) is 69.6 Å². The van der Waals surface area contributed by atoms with Crippen molar-refractivity contribution in [3.8, 4) is 0 Å². The van der Waals surface area contributed by atoms with Crippen LogP contribution in [0.25, 0.3) is 0 Å². The van der Waals surface area contributed by atoms with Crippen molar-refractivity contribution in [1.29, 1.82) is 0 Å². The molecule has 15 fully saturated rings. The third-order valence-corrected chi connectivity index (χ3v) is 35.0. The molecule has 12 saturated carbocycles. The van der Waals surface area contributed by atoms with Gasteiger partial charge in [0.25, 0.3) is 0 Å². The van der Waals surface area contributed by atoms with Crippen molar-refractivity contribution in [1.82, 2.24) is 31.9 Å². The largest absolute Gasteiger partial charge is 0.481 e. The van der Waals surface area contributed by atoms with Crippen molar-refractivity contribution in [3.63, 3.8) is 0 Å². The average molecular weight is 1830 g/mol. The second-order valence-electron chi connectivity index (χ2n) is 39.5. The molecule has 12 N–H and O–H groups in total. The number of carboxylic acids is 3. The normalized spacial score (nSPS) is 36.3. The van der Waals surface area contributed by atoms with Crippen LogP contribution in [0, 0.1) is 33.7 Å². The molecule has 6 aliphatic heterocycles. The van der Waals surface area contributed by atoms with Crippen molar-refractivity contribution >= 4 is 140 Å².